The van der Waals surface area contributed by atoms with Gasteiger partial charge in [-0.1, -0.05) is 0 Å². The molecule has 4 N–H and O–H groups in total. The van der Waals surface area contributed by atoms with Crippen molar-refractivity contribution < 1.29 is 9.59 Å². The zero-order valence-corrected chi connectivity index (χ0v) is 9.66. The number of hydrogen-bond donors (Lipinski definition) is 3. The fraction of sp³-hybridized carbons (Fsp3) is 0.800. The lowest BCUT2D eigenvalue weighted by Gasteiger charge is -2.14. The average Bonchev–Trinajstić information content (AvgIpc) is 2.58. The summed E-state index contributed by atoms with van der Waals surface area (Å²) in [5.41, 5.74) is 5.73. The van der Waals surface area contributed by atoms with Crippen molar-refractivity contribution in [3.8, 4) is 0 Å². The summed E-state index contributed by atoms with van der Waals surface area (Å²) in [6, 6.07) is 0.201. The van der Waals surface area contributed by atoms with Crippen molar-refractivity contribution >= 4 is 11.8 Å². The van der Waals surface area contributed by atoms with Gasteiger partial charge in [0, 0.05) is 39.1 Å². The third-order valence-electron chi connectivity index (χ3n) is 2.50. The molecule has 1 rings (SSSR count). The molecule has 16 heavy (non-hydrogen) atoms. The van der Waals surface area contributed by atoms with Crippen molar-refractivity contribution in [1.82, 2.24) is 15.5 Å². The molecule has 6 nitrogen and oxygen atoms in total. The van der Waals surface area contributed by atoms with Crippen LogP contribution in [0, 0.1) is 0 Å². The lowest BCUT2D eigenvalue weighted by atomic mass is 10.3. The number of amides is 2. The summed E-state index contributed by atoms with van der Waals surface area (Å²) in [5.74, 6) is -0.0979. The molecule has 1 aliphatic heterocycles. The highest BCUT2D eigenvalue weighted by molar-refractivity contribution is 5.78. The standard InChI is InChI=1S/C10H20N4O2/c1-8(15)12-3-4-13-10(16)7-14-5-2-9(11)6-14/h9H,2-7,11H2,1H3,(H,12,15)(H,13,16)/t9-/m1/s1. The van der Waals surface area contributed by atoms with Crippen LogP contribution >= 0.6 is 0 Å². The minimum Gasteiger partial charge on any atom is -0.355 e. The molecule has 0 bridgehead atoms. The van der Waals surface area contributed by atoms with Gasteiger partial charge in [0.1, 0.15) is 0 Å². The Hall–Kier alpha value is -1.14. The number of carbonyl (C=O) groups is 2. The molecule has 2 amide bonds. The normalized spacial score (nSPS) is 20.8. The van der Waals surface area contributed by atoms with Crippen LogP contribution < -0.4 is 16.4 Å². The molecule has 0 aromatic carbocycles. The highest BCUT2D eigenvalue weighted by Gasteiger charge is 2.20. The van der Waals surface area contributed by atoms with Crippen LogP contribution in [-0.2, 0) is 9.59 Å². The first-order valence-electron chi connectivity index (χ1n) is 5.57. The molecule has 1 saturated heterocycles. The molecule has 6 heteroatoms. The molecule has 0 aliphatic carbocycles. The Kier molecular flexibility index (Phi) is 5.21. The van der Waals surface area contributed by atoms with Gasteiger partial charge in [0.05, 0.1) is 6.54 Å². The lowest BCUT2D eigenvalue weighted by Crippen LogP contribution is -2.40. The average molecular weight is 228 g/mol. The van der Waals surface area contributed by atoms with Crippen molar-refractivity contribution in [2.45, 2.75) is 19.4 Å². The molecule has 0 aromatic heterocycles. The van der Waals surface area contributed by atoms with E-state index in [9.17, 15) is 9.59 Å². The Morgan fingerprint density at radius 2 is 2.06 bits per heavy atom. The summed E-state index contributed by atoms with van der Waals surface area (Å²) in [5, 5.41) is 5.36. The first kappa shape index (κ1) is 12.9. The van der Waals surface area contributed by atoms with E-state index in [1.54, 1.807) is 0 Å². The second-order valence-corrected chi connectivity index (χ2v) is 4.12. The summed E-state index contributed by atoms with van der Waals surface area (Å²) < 4.78 is 0. The summed E-state index contributed by atoms with van der Waals surface area (Å²) in [4.78, 5) is 24.0. The fourth-order valence-corrected chi connectivity index (χ4v) is 1.71. The van der Waals surface area contributed by atoms with E-state index in [1.165, 1.54) is 6.92 Å². The molecule has 0 spiro atoms. The highest BCUT2D eigenvalue weighted by atomic mass is 16.2. The number of carbonyl (C=O) groups excluding carboxylic acids is 2. The molecule has 0 saturated carbocycles. The smallest absolute Gasteiger partial charge is 0.234 e. The Labute approximate surface area is 95.5 Å². The van der Waals surface area contributed by atoms with Crippen molar-refractivity contribution in [2.24, 2.45) is 5.73 Å². The zero-order valence-electron chi connectivity index (χ0n) is 9.66. The van der Waals surface area contributed by atoms with Crippen molar-refractivity contribution in [3.63, 3.8) is 0 Å². The van der Waals surface area contributed by atoms with E-state index in [1.807, 2.05) is 4.90 Å². The van der Waals surface area contributed by atoms with Crippen molar-refractivity contribution in [2.75, 3.05) is 32.7 Å². The van der Waals surface area contributed by atoms with Crippen molar-refractivity contribution in [1.29, 1.82) is 0 Å². The second-order valence-electron chi connectivity index (χ2n) is 4.12. The van der Waals surface area contributed by atoms with Gasteiger partial charge >= 0.3 is 0 Å². The maximum Gasteiger partial charge on any atom is 0.234 e. The number of nitrogens with zero attached hydrogens (tertiary/aromatic N) is 1. The van der Waals surface area contributed by atoms with Gasteiger partial charge in [-0.2, -0.15) is 0 Å². The van der Waals surface area contributed by atoms with Gasteiger partial charge in [-0.3, -0.25) is 14.5 Å². The summed E-state index contributed by atoms with van der Waals surface area (Å²) >= 11 is 0. The Bertz CT molecular complexity index is 257. The first-order chi connectivity index (χ1) is 7.58. The molecule has 1 heterocycles. The third-order valence-corrected chi connectivity index (χ3v) is 2.50. The van der Waals surface area contributed by atoms with Crippen LogP contribution in [0.25, 0.3) is 0 Å². The van der Waals surface area contributed by atoms with E-state index in [0.717, 1.165) is 19.5 Å². The molecular formula is C10H20N4O2. The Morgan fingerprint density at radius 3 is 2.62 bits per heavy atom. The van der Waals surface area contributed by atoms with Crippen LogP contribution in [-0.4, -0.2) is 55.5 Å². The maximum atomic E-state index is 11.4. The van der Waals surface area contributed by atoms with Gasteiger partial charge < -0.3 is 16.4 Å². The van der Waals surface area contributed by atoms with E-state index in [0.29, 0.717) is 19.6 Å². The Morgan fingerprint density at radius 1 is 1.38 bits per heavy atom. The maximum absolute atomic E-state index is 11.4. The second kappa shape index (κ2) is 6.44. The predicted octanol–water partition coefficient (Wildman–Crippen LogP) is -1.73. The van der Waals surface area contributed by atoms with Crippen LogP contribution in [0.2, 0.25) is 0 Å². The number of nitrogens with two attached hydrogens (primary N) is 1. The minimum atomic E-state index is -0.0836. The van der Waals surface area contributed by atoms with Gasteiger partial charge in [0.15, 0.2) is 0 Å². The van der Waals surface area contributed by atoms with Crippen molar-refractivity contribution in [3.05, 3.63) is 0 Å². The first-order valence-corrected chi connectivity index (χ1v) is 5.57. The molecule has 1 atom stereocenters. The molecule has 0 aromatic rings. The number of likely N-dealkylation sites (tertiary alicyclic amines) is 1. The van der Waals surface area contributed by atoms with Gasteiger partial charge in [-0.15, -0.1) is 0 Å². The topological polar surface area (TPSA) is 87.5 Å². The molecule has 0 radical (unpaired) electrons. The molecule has 92 valence electrons. The SMILES string of the molecule is CC(=O)NCCNC(=O)CN1CC[C@@H](N)C1. The van der Waals surface area contributed by atoms with Gasteiger partial charge in [-0.25, -0.2) is 0 Å². The summed E-state index contributed by atoms with van der Waals surface area (Å²) in [7, 11) is 0. The quantitative estimate of drug-likeness (QED) is 0.488. The fourth-order valence-electron chi connectivity index (χ4n) is 1.71. The monoisotopic (exact) mass is 228 g/mol. The molecule has 1 aliphatic rings. The third kappa shape index (κ3) is 5.09. The molecule has 0 unspecified atom stereocenters. The number of hydrogen-bond acceptors (Lipinski definition) is 4. The van der Waals surface area contributed by atoms with Crippen LogP contribution in [0.4, 0.5) is 0 Å². The van der Waals surface area contributed by atoms with Gasteiger partial charge in [-0.05, 0) is 6.42 Å². The van der Waals surface area contributed by atoms with E-state index >= 15 is 0 Å². The highest BCUT2D eigenvalue weighted by Crippen LogP contribution is 2.05. The van der Waals surface area contributed by atoms with E-state index in [2.05, 4.69) is 10.6 Å². The van der Waals surface area contributed by atoms with Gasteiger partial charge in [0.25, 0.3) is 0 Å². The molecule has 1 fully saturated rings. The number of rotatable bonds is 5. The van der Waals surface area contributed by atoms with E-state index in [-0.39, 0.29) is 17.9 Å². The zero-order chi connectivity index (χ0) is 12.0. The summed E-state index contributed by atoms with van der Waals surface area (Å²) in [6.07, 6.45) is 0.958. The van der Waals surface area contributed by atoms with E-state index in [4.69, 9.17) is 5.73 Å². The van der Waals surface area contributed by atoms with Crippen LogP contribution in [0.5, 0.6) is 0 Å². The van der Waals surface area contributed by atoms with Crippen LogP contribution in [0.15, 0.2) is 0 Å². The largest absolute Gasteiger partial charge is 0.355 e. The Balaban J connectivity index is 2.05. The summed E-state index contributed by atoms with van der Waals surface area (Å²) in [6.45, 7) is 4.47. The van der Waals surface area contributed by atoms with Crippen LogP contribution in [0.3, 0.4) is 0 Å². The predicted molar refractivity (Wildman–Crippen MR) is 60.7 cm³/mol. The lowest BCUT2D eigenvalue weighted by molar-refractivity contribution is -0.122. The minimum absolute atomic E-state index is 0.0144. The molecular weight excluding hydrogens is 208 g/mol. The van der Waals surface area contributed by atoms with Crippen LogP contribution in [0.1, 0.15) is 13.3 Å². The van der Waals surface area contributed by atoms with E-state index < -0.39 is 0 Å². The number of nitrogens with one attached hydrogen (secondary N) is 2. The van der Waals surface area contributed by atoms with Gasteiger partial charge in [0.2, 0.25) is 11.8 Å².